The number of hydrogen-bond donors (Lipinski definition) is 2. The summed E-state index contributed by atoms with van der Waals surface area (Å²) in [5, 5.41) is 24.9. The van der Waals surface area contributed by atoms with Gasteiger partial charge in [0, 0.05) is 43.6 Å². The quantitative estimate of drug-likeness (QED) is 0.312. The summed E-state index contributed by atoms with van der Waals surface area (Å²) in [6.45, 7) is 3.78. The molecule has 1 saturated heterocycles. The molecule has 1 fully saturated rings. The van der Waals surface area contributed by atoms with Crippen LogP contribution in [0.4, 0.5) is 0 Å². The molecule has 1 spiro atoms. The number of para-hydroxylation sites is 1. The number of hydrogen-bond acceptors (Lipinski definition) is 7. The van der Waals surface area contributed by atoms with Crippen molar-refractivity contribution in [1.82, 2.24) is 25.5 Å². The summed E-state index contributed by atoms with van der Waals surface area (Å²) in [4.78, 5) is 20.5. The van der Waals surface area contributed by atoms with Crippen LogP contribution in [0.5, 0.6) is 5.75 Å². The molecule has 0 radical (unpaired) electrons. The highest BCUT2D eigenvalue weighted by Crippen LogP contribution is 2.38. The van der Waals surface area contributed by atoms with Crippen molar-refractivity contribution in [2.45, 2.75) is 51.1 Å². The number of unbranched alkanes of at least 4 members (excludes halogenated alkanes) is 1. The number of aromatic hydroxyl groups is 1. The molecule has 9 nitrogen and oxygen atoms in total. The van der Waals surface area contributed by atoms with Gasteiger partial charge in [-0.3, -0.25) is 14.7 Å². The zero-order valence-corrected chi connectivity index (χ0v) is 22.5. The molecule has 6 rings (SSSR count). The van der Waals surface area contributed by atoms with Crippen LogP contribution in [0, 0.1) is 0 Å². The second-order valence-corrected chi connectivity index (χ2v) is 10.4. The molecule has 204 valence electrons. The van der Waals surface area contributed by atoms with Gasteiger partial charge < -0.3 is 9.84 Å². The third-order valence-corrected chi connectivity index (χ3v) is 7.81. The normalized spacial score (nSPS) is 16.5. The summed E-state index contributed by atoms with van der Waals surface area (Å²) >= 11 is 0. The van der Waals surface area contributed by atoms with Crippen LogP contribution in [-0.2, 0) is 16.1 Å². The molecular formula is C31H32N6O3. The van der Waals surface area contributed by atoms with E-state index in [9.17, 15) is 9.90 Å². The summed E-state index contributed by atoms with van der Waals surface area (Å²) in [6, 6.07) is 21.5. The predicted molar refractivity (Wildman–Crippen MR) is 152 cm³/mol. The molecule has 2 aliphatic heterocycles. The summed E-state index contributed by atoms with van der Waals surface area (Å²) in [7, 11) is 0. The number of phenols is 1. The van der Waals surface area contributed by atoms with Gasteiger partial charge in [0.25, 0.3) is 5.91 Å². The van der Waals surface area contributed by atoms with Crippen LogP contribution >= 0.6 is 0 Å². The van der Waals surface area contributed by atoms with Crippen molar-refractivity contribution in [3.05, 3.63) is 72.3 Å². The number of H-pyrrole nitrogens is 1. The van der Waals surface area contributed by atoms with Crippen LogP contribution < -0.4 is 0 Å². The molecule has 1 amide bonds. The number of benzene rings is 3. The average Bonchev–Trinajstić information content (AvgIpc) is 3.61. The third kappa shape index (κ3) is 4.88. The van der Waals surface area contributed by atoms with Crippen molar-refractivity contribution in [2.24, 2.45) is 4.99 Å². The third-order valence-electron chi connectivity index (χ3n) is 7.81. The first-order valence-electron chi connectivity index (χ1n) is 13.8. The van der Waals surface area contributed by atoms with E-state index in [0.29, 0.717) is 38.4 Å². The molecule has 40 heavy (non-hydrogen) atoms. The Kier molecular flexibility index (Phi) is 7.13. The van der Waals surface area contributed by atoms with E-state index in [-0.39, 0.29) is 11.7 Å². The number of carbonyl (C=O) groups is 1. The van der Waals surface area contributed by atoms with Crippen molar-refractivity contribution in [3.63, 3.8) is 0 Å². The van der Waals surface area contributed by atoms with Gasteiger partial charge in [-0.2, -0.15) is 0 Å². The Hall–Kier alpha value is -4.37. The number of nitrogens with one attached hydrogen (secondary N) is 1. The van der Waals surface area contributed by atoms with E-state index in [1.54, 1.807) is 12.1 Å². The number of nitrogens with zero attached hydrogens (tertiary/aromatic N) is 5. The molecule has 1 aromatic heterocycles. The molecule has 0 aliphatic carbocycles. The van der Waals surface area contributed by atoms with Crippen molar-refractivity contribution >= 4 is 11.7 Å². The zero-order valence-electron chi connectivity index (χ0n) is 22.5. The number of rotatable bonds is 8. The monoisotopic (exact) mass is 536 g/mol. The predicted octanol–water partition coefficient (Wildman–Crippen LogP) is 5.39. The number of aromatic nitrogens is 4. The molecule has 2 N–H and O–H groups in total. The smallest absolute Gasteiger partial charge is 0.256 e. The summed E-state index contributed by atoms with van der Waals surface area (Å²) in [6.07, 6.45) is 4.14. The van der Waals surface area contributed by atoms with Crippen LogP contribution in [0.3, 0.4) is 0 Å². The molecule has 0 atom stereocenters. The fourth-order valence-electron chi connectivity index (χ4n) is 5.57. The molecule has 9 heteroatoms. The van der Waals surface area contributed by atoms with E-state index >= 15 is 0 Å². The number of aromatic amines is 1. The van der Waals surface area contributed by atoms with Gasteiger partial charge >= 0.3 is 0 Å². The lowest BCUT2D eigenvalue weighted by Gasteiger charge is -2.29. The number of phenolic OH excluding ortho intramolecular Hbond substituents is 1. The molecule has 0 unspecified atom stereocenters. The van der Waals surface area contributed by atoms with Crippen LogP contribution in [-0.4, -0.2) is 61.1 Å². The minimum Gasteiger partial charge on any atom is -0.507 e. The molecule has 0 bridgehead atoms. The maximum atomic E-state index is 13.6. The number of amidine groups is 1. The van der Waals surface area contributed by atoms with Crippen molar-refractivity contribution < 1.29 is 14.6 Å². The SMILES string of the molecule is CCCCC1=NC2(CCOCC2)C(=O)N1Cc1ccc(-c2cc(-c3ccccc3O)ccc2-c2nnn[nH]2)cc1. The van der Waals surface area contributed by atoms with Gasteiger partial charge in [-0.25, -0.2) is 5.10 Å². The van der Waals surface area contributed by atoms with Crippen molar-refractivity contribution in [3.8, 4) is 39.4 Å². The Bertz CT molecular complexity index is 1530. The fourth-order valence-corrected chi connectivity index (χ4v) is 5.57. The number of aliphatic imine (C=N–C) groups is 1. The van der Waals surface area contributed by atoms with Crippen LogP contribution in [0.2, 0.25) is 0 Å². The van der Waals surface area contributed by atoms with E-state index in [4.69, 9.17) is 9.73 Å². The highest BCUT2D eigenvalue weighted by molar-refractivity contribution is 6.08. The van der Waals surface area contributed by atoms with Crippen LogP contribution in [0.15, 0.2) is 71.7 Å². The number of amides is 1. The fraction of sp³-hybridized carbons (Fsp3) is 0.323. The standard InChI is InChI=1S/C31H32N6O3/c1-2-3-8-28-32-31(15-17-40-18-16-31)30(39)37(28)20-21-9-11-22(12-10-21)26-19-23(24-6-4-5-7-27(24)38)13-14-25(26)29-33-35-36-34-29/h4-7,9-14,19,38H,2-3,8,15-18,20H2,1H3,(H,33,34,35,36). The van der Waals surface area contributed by atoms with E-state index in [2.05, 4.69) is 51.8 Å². The number of ether oxygens (including phenoxy) is 1. The van der Waals surface area contributed by atoms with Gasteiger partial charge in [-0.05, 0) is 57.3 Å². The maximum Gasteiger partial charge on any atom is 0.256 e. The van der Waals surface area contributed by atoms with Gasteiger partial charge in [0.15, 0.2) is 5.82 Å². The van der Waals surface area contributed by atoms with Gasteiger partial charge in [0.1, 0.15) is 17.1 Å². The lowest BCUT2D eigenvalue weighted by atomic mass is 9.90. The molecule has 4 aromatic rings. The second kappa shape index (κ2) is 11.0. The van der Waals surface area contributed by atoms with Gasteiger partial charge in [0.2, 0.25) is 0 Å². The topological polar surface area (TPSA) is 117 Å². The second-order valence-electron chi connectivity index (χ2n) is 10.4. The van der Waals surface area contributed by atoms with E-state index in [1.165, 1.54) is 0 Å². The molecule has 3 aromatic carbocycles. The first-order valence-corrected chi connectivity index (χ1v) is 13.8. The van der Waals surface area contributed by atoms with E-state index < -0.39 is 5.54 Å². The van der Waals surface area contributed by atoms with Crippen molar-refractivity contribution in [2.75, 3.05) is 13.2 Å². The van der Waals surface area contributed by atoms with E-state index in [1.807, 2.05) is 35.2 Å². The Balaban J connectivity index is 1.31. The molecule has 3 heterocycles. The minimum absolute atomic E-state index is 0.0986. The lowest BCUT2D eigenvalue weighted by molar-refractivity contribution is -0.134. The summed E-state index contributed by atoms with van der Waals surface area (Å²) in [5.41, 5.74) is 4.75. The van der Waals surface area contributed by atoms with Gasteiger partial charge in [0.05, 0.1) is 6.54 Å². The Morgan fingerprint density at radius 3 is 2.48 bits per heavy atom. The van der Waals surface area contributed by atoms with Crippen LogP contribution in [0.1, 0.15) is 44.6 Å². The lowest BCUT2D eigenvalue weighted by Crippen LogP contribution is -2.45. The molecular weight excluding hydrogens is 504 g/mol. The average molecular weight is 537 g/mol. The Morgan fingerprint density at radius 1 is 0.975 bits per heavy atom. The Labute approximate surface area is 232 Å². The first-order chi connectivity index (χ1) is 19.6. The highest BCUT2D eigenvalue weighted by atomic mass is 16.5. The zero-order chi connectivity index (χ0) is 27.5. The highest BCUT2D eigenvalue weighted by Gasteiger charge is 2.48. The van der Waals surface area contributed by atoms with Crippen LogP contribution in [0.25, 0.3) is 33.6 Å². The largest absolute Gasteiger partial charge is 0.507 e. The summed E-state index contributed by atoms with van der Waals surface area (Å²) in [5.74, 6) is 1.77. The van der Waals surface area contributed by atoms with E-state index in [0.717, 1.165) is 58.5 Å². The molecule has 0 saturated carbocycles. The first kappa shape index (κ1) is 25.9. The minimum atomic E-state index is -0.662. The van der Waals surface area contributed by atoms with Gasteiger partial charge in [-0.15, -0.1) is 5.10 Å². The maximum absolute atomic E-state index is 13.6. The molecule has 2 aliphatic rings. The number of tetrazole rings is 1. The van der Waals surface area contributed by atoms with Gasteiger partial charge in [-0.1, -0.05) is 61.9 Å². The Morgan fingerprint density at radius 2 is 1.75 bits per heavy atom. The summed E-state index contributed by atoms with van der Waals surface area (Å²) < 4.78 is 5.54. The van der Waals surface area contributed by atoms with Crippen molar-refractivity contribution in [1.29, 1.82) is 0 Å². The number of carbonyl (C=O) groups excluding carboxylic acids is 1.